The Balaban J connectivity index is 3.26. The predicted molar refractivity (Wildman–Crippen MR) is 58.1 cm³/mol. The fourth-order valence-electron chi connectivity index (χ4n) is 0.830. The summed E-state index contributed by atoms with van der Waals surface area (Å²) in [5, 5.41) is 0.428. The van der Waals surface area contributed by atoms with E-state index in [-0.39, 0.29) is 5.97 Å². The maximum absolute atomic E-state index is 10.9. The monoisotopic (exact) mass is 202 g/mol. The van der Waals surface area contributed by atoms with Gasteiger partial charge in [-0.05, 0) is 31.4 Å². The third-order valence-electron chi connectivity index (χ3n) is 1.60. The maximum Gasteiger partial charge on any atom is 0.333 e. The average molecular weight is 202 g/mol. The molecule has 0 aliphatic heterocycles. The van der Waals surface area contributed by atoms with E-state index >= 15 is 0 Å². The van der Waals surface area contributed by atoms with E-state index in [9.17, 15) is 4.79 Å². The Morgan fingerprint density at radius 1 is 1.54 bits per heavy atom. The molecule has 0 amide bonds. The molecular formula is C10H18O2S. The molecule has 0 saturated heterocycles. The van der Waals surface area contributed by atoms with Gasteiger partial charge in [0.1, 0.15) is 0 Å². The summed E-state index contributed by atoms with van der Waals surface area (Å²) in [6, 6.07) is 0. The standard InChI is InChI=1S/C10H18O2S/c1-8(2)10(11)12-7-5-4-6-9(3)13/h9,13H,1,4-7H2,2-3H3. The zero-order valence-electron chi connectivity index (χ0n) is 8.38. The number of thiol groups is 1. The molecule has 0 bridgehead atoms. The van der Waals surface area contributed by atoms with Crippen LogP contribution in [-0.4, -0.2) is 17.8 Å². The van der Waals surface area contributed by atoms with E-state index in [0.717, 1.165) is 19.3 Å². The first-order valence-electron chi connectivity index (χ1n) is 4.54. The van der Waals surface area contributed by atoms with E-state index in [1.807, 2.05) is 0 Å². The van der Waals surface area contributed by atoms with Crippen molar-refractivity contribution in [3.63, 3.8) is 0 Å². The fraction of sp³-hybridized carbons (Fsp3) is 0.700. The molecular weight excluding hydrogens is 184 g/mol. The average Bonchev–Trinajstić information content (AvgIpc) is 2.02. The van der Waals surface area contributed by atoms with Crippen molar-refractivity contribution in [2.45, 2.75) is 38.4 Å². The number of rotatable bonds is 6. The highest BCUT2D eigenvalue weighted by Gasteiger charge is 2.02. The second-order valence-corrected chi connectivity index (χ2v) is 4.14. The van der Waals surface area contributed by atoms with Crippen molar-refractivity contribution in [2.75, 3.05) is 6.61 Å². The minimum atomic E-state index is -0.293. The van der Waals surface area contributed by atoms with Gasteiger partial charge in [-0.1, -0.05) is 13.5 Å². The lowest BCUT2D eigenvalue weighted by molar-refractivity contribution is -0.139. The van der Waals surface area contributed by atoms with Gasteiger partial charge in [-0.15, -0.1) is 0 Å². The number of carbonyl (C=O) groups is 1. The van der Waals surface area contributed by atoms with Crippen molar-refractivity contribution in [1.82, 2.24) is 0 Å². The first kappa shape index (κ1) is 12.6. The lowest BCUT2D eigenvalue weighted by Crippen LogP contribution is -2.06. The summed E-state index contributed by atoms with van der Waals surface area (Å²) >= 11 is 4.25. The first-order valence-corrected chi connectivity index (χ1v) is 5.06. The molecule has 0 aliphatic carbocycles. The summed E-state index contributed by atoms with van der Waals surface area (Å²) < 4.78 is 4.92. The predicted octanol–water partition coefficient (Wildman–Crippen LogP) is 2.59. The summed E-state index contributed by atoms with van der Waals surface area (Å²) in [5.41, 5.74) is 0.461. The molecule has 0 aromatic carbocycles. The Morgan fingerprint density at radius 3 is 2.62 bits per heavy atom. The Labute approximate surface area is 85.8 Å². The van der Waals surface area contributed by atoms with Crippen LogP contribution < -0.4 is 0 Å². The van der Waals surface area contributed by atoms with Gasteiger partial charge < -0.3 is 4.74 Å². The minimum absolute atomic E-state index is 0.293. The second-order valence-electron chi connectivity index (χ2n) is 3.26. The number of esters is 1. The fourth-order valence-corrected chi connectivity index (χ4v) is 1.01. The van der Waals surface area contributed by atoms with Gasteiger partial charge in [-0.2, -0.15) is 12.6 Å². The van der Waals surface area contributed by atoms with Crippen LogP contribution in [0, 0.1) is 0 Å². The van der Waals surface area contributed by atoms with Crippen LogP contribution in [-0.2, 0) is 9.53 Å². The molecule has 13 heavy (non-hydrogen) atoms. The molecule has 0 aromatic rings. The van der Waals surface area contributed by atoms with Crippen molar-refractivity contribution < 1.29 is 9.53 Å². The Kier molecular flexibility index (Phi) is 6.77. The third-order valence-corrected chi connectivity index (χ3v) is 1.86. The molecule has 0 rings (SSSR count). The summed E-state index contributed by atoms with van der Waals surface area (Å²) in [4.78, 5) is 10.9. The van der Waals surface area contributed by atoms with Crippen LogP contribution in [0.3, 0.4) is 0 Å². The van der Waals surface area contributed by atoms with Gasteiger partial charge in [0.05, 0.1) is 6.61 Å². The highest BCUT2D eigenvalue weighted by molar-refractivity contribution is 7.80. The molecule has 0 fully saturated rings. The minimum Gasteiger partial charge on any atom is -0.462 e. The van der Waals surface area contributed by atoms with Crippen LogP contribution in [0.2, 0.25) is 0 Å². The van der Waals surface area contributed by atoms with Crippen molar-refractivity contribution in [1.29, 1.82) is 0 Å². The topological polar surface area (TPSA) is 26.3 Å². The van der Waals surface area contributed by atoms with Crippen molar-refractivity contribution in [3.8, 4) is 0 Å². The molecule has 3 heteroatoms. The summed E-state index contributed by atoms with van der Waals surface area (Å²) in [6.45, 7) is 7.70. The molecule has 0 heterocycles. The summed E-state index contributed by atoms with van der Waals surface area (Å²) in [7, 11) is 0. The lowest BCUT2D eigenvalue weighted by atomic mass is 10.2. The number of hydrogen-bond donors (Lipinski definition) is 1. The van der Waals surface area contributed by atoms with Crippen LogP contribution in [0.5, 0.6) is 0 Å². The smallest absolute Gasteiger partial charge is 0.333 e. The molecule has 0 spiro atoms. The van der Waals surface area contributed by atoms with Gasteiger partial charge in [0.2, 0.25) is 0 Å². The third kappa shape index (κ3) is 7.91. The van der Waals surface area contributed by atoms with Gasteiger partial charge >= 0.3 is 5.97 Å². The number of unbranched alkanes of at least 4 members (excludes halogenated alkanes) is 1. The van der Waals surface area contributed by atoms with Crippen LogP contribution in [0.25, 0.3) is 0 Å². The lowest BCUT2D eigenvalue weighted by Gasteiger charge is -2.05. The summed E-state index contributed by atoms with van der Waals surface area (Å²) in [5.74, 6) is -0.293. The van der Waals surface area contributed by atoms with Crippen LogP contribution >= 0.6 is 12.6 Å². The molecule has 2 nitrogen and oxygen atoms in total. The zero-order valence-corrected chi connectivity index (χ0v) is 9.27. The highest BCUT2D eigenvalue weighted by Crippen LogP contribution is 2.06. The first-order chi connectivity index (χ1) is 6.04. The molecule has 0 radical (unpaired) electrons. The largest absolute Gasteiger partial charge is 0.462 e. The van der Waals surface area contributed by atoms with E-state index < -0.39 is 0 Å². The molecule has 76 valence electrons. The van der Waals surface area contributed by atoms with Crippen molar-refractivity contribution >= 4 is 18.6 Å². The number of carbonyl (C=O) groups excluding carboxylic acids is 1. The zero-order chi connectivity index (χ0) is 10.3. The van der Waals surface area contributed by atoms with E-state index in [1.54, 1.807) is 6.92 Å². The van der Waals surface area contributed by atoms with Gasteiger partial charge in [0, 0.05) is 5.57 Å². The molecule has 0 N–H and O–H groups in total. The Bertz CT molecular complexity index is 176. The highest BCUT2D eigenvalue weighted by atomic mass is 32.1. The number of ether oxygens (including phenoxy) is 1. The SMILES string of the molecule is C=C(C)C(=O)OCCCCC(C)S. The van der Waals surface area contributed by atoms with Gasteiger partial charge in [0.25, 0.3) is 0 Å². The summed E-state index contributed by atoms with van der Waals surface area (Å²) in [6.07, 6.45) is 3.02. The van der Waals surface area contributed by atoms with E-state index in [1.165, 1.54) is 0 Å². The quantitative estimate of drug-likeness (QED) is 0.310. The second kappa shape index (κ2) is 7.01. The molecule has 0 saturated carbocycles. The van der Waals surface area contributed by atoms with Crippen molar-refractivity contribution in [3.05, 3.63) is 12.2 Å². The van der Waals surface area contributed by atoms with E-state index in [0.29, 0.717) is 17.4 Å². The van der Waals surface area contributed by atoms with Crippen molar-refractivity contribution in [2.24, 2.45) is 0 Å². The molecule has 1 unspecified atom stereocenters. The number of hydrogen-bond acceptors (Lipinski definition) is 3. The van der Waals surface area contributed by atoms with Gasteiger partial charge in [0.15, 0.2) is 0 Å². The Hall–Kier alpha value is -0.440. The van der Waals surface area contributed by atoms with E-state index in [4.69, 9.17) is 4.74 Å². The Morgan fingerprint density at radius 2 is 2.15 bits per heavy atom. The maximum atomic E-state index is 10.9. The van der Waals surface area contributed by atoms with Crippen LogP contribution in [0.1, 0.15) is 33.1 Å². The molecule has 0 aliphatic rings. The van der Waals surface area contributed by atoms with Crippen LogP contribution in [0.15, 0.2) is 12.2 Å². The normalized spacial score (nSPS) is 12.2. The molecule has 1 atom stereocenters. The van der Waals surface area contributed by atoms with Gasteiger partial charge in [-0.25, -0.2) is 4.79 Å². The van der Waals surface area contributed by atoms with E-state index in [2.05, 4.69) is 26.1 Å². The van der Waals surface area contributed by atoms with Gasteiger partial charge in [-0.3, -0.25) is 0 Å². The van der Waals surface area contributed by atoms with Crippen LogP contribution in [0.4, 0.5) is 0 Å². The molecule has 0 aromatic heterocycles.